The van der Waals surface area contributed by atoms with Crippen molar-refractivity contribution in [1.29, 1.82) is 0 Å². The third-order valence-corrected chi connectivity index (χ3v) is 7.21. The number of piperidine rings is 1. The molecule has 1 amide bonds. The van der Waals surface area contributed by atoms with Crippen LogP contribution in [0, 0.1) is 24.5 Å². The number of pyridine rings is 1. The first kappa shape index (κ1) is 24.1. The summed E-state index contributed by atoms with van der Waals surface area (Å²) in [4.78, 5) is 34.2. The molecule has 7 nitrogen and oxygen atoms in total. The van der Waals surface area contributed by atoms with Gasteiger partial charge >= 0.3 is 6.09 Å². The van der Waals surface area contributed by atoms with E-state index in [4.69, 9.17) is 0 Å². The van der Waals surface area contributed by atoms with Gasteiger partial charge in [-0.1, -0.05) is 12.1 Å². The standard InChI is InChI=1S/C25H30F2N4O3/c1-3-31(24(33)34)25(15-28-14-19(25)18-5-6-20(26)21(27)12-18)23(32)17-8-10-30(11-9-17)22-7-4-16(2)13-29-22/h4-7,12-13,17,19,28H,3,8-11,14-15H2,1-2H3,(H,33,34)/t19-,25+/m0/s1. The lowest BCUT2D eigenvalue weighted by atomic mass is 9.71. The average molecular weight is 473 g/mol. The number of carbonyl (C=O) groups excluding carboxylic acids is 1. The number of hydrogen-bond acceptors (Lipinski definition) is 5. The Labute approximate surface area is 197 Å². The molecule has 1 aromatic heterocycles. The average Bonchev–Trinajstić information content (AvgIpc) is 3.27. The first-order chi connectivity index (χ1) is 16.3. The number of Topliss-reactive ketones (excluding diaryl/α,β-unsaturated/α-hetero) is 1. The fourth-order valence-corrected chi connectivity index (χ4v) is 5.46. The van der Waals surface area contributed by atoms with Gasteiger partial charge in [0.1, 0.15) is 11.4 Å². The molecule has 2 fully saturated rings. The van der Waals surface area contributed by atoms with Gasteiger partial charge in [-0.3, -0.25) is 9.69 Å². The highest BCUT2D eigenvalue weighted by atomic mass is 19.2. The van der Waals surface area contributed by atoms with Crippen molar-refractivity contribution in [3.05, 3.63) is 59.3 Å². The van der Waals surface area contributed by atoms with E-state index in [-0.39, 0.29) is 24.8 Å². The number of nitrogens with one attached hydrogen (secondary N) is 1. The van der Waals surface area contributed by atoms with Crippen molar-refractivity contribution < 1.29 is 23.5 Å². The van der Waals surface area contributed by atoms with E-state index in [0.29, 0.717) is 38.0 Å². The maximum Gasteiger partial charge on any atom is 0.408 e. The van der Waals surface area contributed by atoms with Crippen LogP contribution in [0.25, 0.3) is 0 Å². The molecule has 4 rings (SSSR count). The zero-order valence-electron chi connectivity index (χ0n) is 19.4. The van der Waals surface area contributed by atoms with Gasteiger partial charge in [0.25, 0.3) is 0 Å². The lowest BCUT2D eigenvalue weighted by molar-refractivity contribution is -0.135. The van der Waals surface area contributed by atoms with Crippen molar-refractivity contribution >= 4 is 17.7 Å². The van der Waals surface area contributed by atoms with Crippen molar-refractivity contribution in [3.63, 3.8) is 0 Å². The maximum absolute atomic E-state index is 14.1. The Morgan fingerprint density at radius 1 is 1.21 bits per heavy atom. The predicted molar refractivity (Wildman–Crippen MR) is 124 cm³/mol. The zero-order chi connectivity index (χ0) is 24.5. The number of anilines is 1. The molecule has 182 valence electrons. The summed E-state index contributed by atoms with van der Waals surface area (Å²) in [5.41, 5.74) is 0.0964. The first-order valence-electron chi connectivity index (χ1n) is 11.7. The van der Waals surface area contributed by atoms with Crippen molar-refractivity contribution in [2.75, 3.05) is 37.6 Å². The van der Waals surface area contributed by atoms with E-state index in [0.717, 1.165) is 23.5 Å². The molecule has 2 atom stereocenters. The van der Waals surface area contributed by atoms with E-state index in [1.165, 1.54) is 11.0 Å². The quantitative estimate of drug-likeness (QED) is 0.669. The summed E-state index contributed by atoms with van der Waals surface area (Å²) in [6.45, 7) is 5.46. The third-order valence-electron chi connectivity index (χ3n) is 7.21. The Morgan fingerprint density at radius 3 is 2.53 bits per heavy atom. The van der Waals surface area contributed by atoms with Crippen LogP contribution in [0.4, 0.5) is 19.4 Å². The number of halogens is 2. The predicted octanol–water partition coefficient (Wildman–Crippen LogP) is 3.58. The highest BCUT2D eigenvalue weighted by Crippen LogP contribution is 2.41. The molecule has 1 aromatic carbocycles. The second-order valence-corrected chi connectivity index (χ2v) is 9.13. The smallest absolute Gasteiger partial charge is 0.408 e. The molecule has 34 heavy (non-hydrogen) atoms. The van der Waals surface area contributed by atoms with E-state index in [9.17, 15) is 23.5 Å². The number of amides is 1. The minimum Gasteiger partial charge on any atom is -0.465 e. The van der Waals surface area contributed by atoms with E-state index < -0.39 is 29.2 Å². The Bertz CT molecular complexity index is 1060. The molecule has 0 aliphatic carbocycles. The van der Waals surface area contributed by atoms with Gasteiger partial charge in [-0.05, 0) is 56.0 Å². The highest BCUT2D eigenvalue weighted by molar-refractivity contribution is 5.95. The Hall–Kier alpha value is -3.07. The number of aromatic nitrogens is 1. The van der Waals surface area contributed by atoms with Crippen LogP contribution in [-0.2, 0) is 4.79 Å². The van der Waals surface area contributed by atoms with Crippen molar-refractivity contribution in [1.82, 2.24) is 15.2 Å². The number of ketones is 1. The van der Waals surface area contributed by atoms with Crippen LogP contribution in [0.1, 0.15) is 36.8 Å². The van der Waals surface area contributed by atoms with Gasteiger partial charge in [0, 0.05) is 50.8 Å². The Balaban J connectivity index is 1.63. The number of aryl methyl sites for hydroxylation is 1. The van der Waals surface area contributed by atoms with Gasteiger partial charge in [0.05, 0.1) is 0 Å². The number of nitrogens with zero attached hydrogens (tertiary/aromatic N) is 3. The molecule has 0 saturated carbocycles. The monoisotopic (exact) mass is 472 g/mol. The zero-order valence-corrected chi connectivity index (χ0v) is 19.4. The Kier molecular flexibility index (Phi) is 6.84. The first-order valence-corrected chi connectivity index (χ1v) is 11.7. The number of benzene rings is 1. The van der Waals surface area contributed by atoms with Crippen LogP contribution in [0.2, 0.25) is 0 Å². The molecule has 0 radical (unpaired) electrons. The summed E-state index contributed by atoms with van der Waals surface area (Å²) in [5, 5.41) is 13.2. The number of carbonyl (C=O) groups is 2. The molecular weight excluding hydrogens is 442 g/mol. The lowest BCUT2D eigenvalue weighted by Crippen LogP contribution is -2.63. The fourth-order valence-electron chi connectivity index (χ4n) is 5.46. The van der Waals surface area contributed by atoms with Crippen LogP contribution >= 0.6 is 0 Å². The maximum atomic E-state index is 14.1. The summed E-state index contributed by atoms with van der Waals surface area (Å²) in [5.74, 6) is -2.26. The summed E-state index contributed by atoms with van der Waals surface area (Å²) in [7, 11) is 0. The van der Waals surface area contributed by atoms with Gasteiger partial charge in [0.2, 0.25) is 0 Å². The van der Waals surface area contributed by atoms with E-state index in [1.807, 2.05) is 25.3 Å². The summed E-state index contributed by atoms with van der Waals surface area (Å²) in [6.07, 6.45) is 1.74. The van der Waals surface area contributed by atoms with Crippen molar-refractivity contribution in [3.8, 4) is 0 Å². The number of carboxylic acid groups (broad SMARTS) is 1. The SMILES string of the molecule is CCN(C(=O)O)[C@]1(C(=O)C2CCN(c3ccc(C)cn3)CC2)CNC[C@H]1c1ccc(F)c(F)c1. The number of likely N-dealkylation sites (N-methyl/N-ethyl adjacent to an activating group) is 1. The molecule has 2 aliphatic heterocycles. The molecule has 2 aromatic rings. The summed E-state index contributed by atoms with van der Waals surface area (Å²) in [6, 6.07) is 7.51. The summed E-state index contributed by atoms with van der Waals surface area (Å²) >= 11 is 0. The second-order valence-electron chi connectivity index (χ2n) is 9.13. The van der Waals surface area contributed by atoms with E-state index in [1.54, 1.807) is 6.92 Å². The third kappa shape index (κ3) is 4.24. The number of rotatable bonds is 6. The molecule has 0 unspecified atom stereocenters. The van der Waals surface area contributed by atoms with Crippen molar-refractivity contribution in [2.24, 2.45) is 5.92 Å². The largest absolute Gasteiger partial charge is 0.465 e. The molecule has 2 aliphatic rings. The molecular formula is C25H30F2N4O3. The normalized spacial score (nSPS) is 23.2. The van der Waals surface area contributed by atoms with Crippen LogP contribution in [0.3, 0.4) is 0 Å². The molecule has 0 bridgehead atoms. The molecule has 9 heteroatoms. The van der Waals surface area contributed by atoms with Crippen LogP contribution in [-0.4, -0.2) is 65.1 Å². The molecule has 3 heterocycles. The van der Waals surface area contributed by atoms with Crippen LogP contribution < -0.4 is 10.2 Å². The van der Waals surface area contributed by atoms with Gasteiger partial charge in [-0.25, -0.2) is 18.6 Å². The van der Waals surface area contributed by atoms with Gasteiger partial charge in [-0.2, -0.15) is 0 Å². The second kappa shape index (κ2) is 9.66. The van der Waals surface area contributed by atoms with Crippen molar-refractivity contribution in [2.45, 2.75) is 38.1 Å². The molecule has 0 spiro atoms. The molecule has 2 saturated heterocycles. The topological polar surface area (TPSA) is 85.8 Å². The lowest BCUT2D eigenvalue weighted by Gasteiger charge is -2.45. The minimum atomic E-state index is -1.39. The fraction of sp³-hybridized carbons (Fsp3) is 0.480. The van der Waals surface area contributed by atoms with E-state index >= 15 is 0 Å². The highest BCUT2D eigenvalue weighted by Gasteiger charge is 2.56. The van der Waals surface area contributed by atoms with Crippen LogP contribution in [0.15, 0.2) is 36.5 Å². The molecule has 2 N–H and O–H groups in total. The number of hydrogen-bond donors (Lipinski definition) is 2. The van der Waals surface area contributed by atoms with Gasteiger partial charge < -0.3 is 15.3 Å². The summed E-state index contributed by atoms with van der Waals surface area (Å²) < 4.78 is 27.7. The Morgan fingerprint density at radius 2 is 1.94 bits per heavy atom. The minimum absolute atomic E-state index is 0.106. The van der Waals surface area contributed by atoms with Gasteiger partial charge in [-0.15, -0.1) is 0 Å². The van der Waals surface area contributed by atoms with Crippen LogP contribution in [0.5, 0.6) is 0 Å². The van der Waals surface area contributed by atoms with E-state index in [2.05, 4.69) is 15.2 Å². The van der Waals surface area contributed by atoms with Gasteiger partial charge in [0.15, 0.2) is 17.4 Å².